The molecule has 0 spiro atoms. The summed E-state index contributed by atoms with van der Waals surface area (Å²) >= 11 is 2.83. The SMILES string of the molecule is CC(C)c1ccc(C=NNC(=O)CSc2nnc(-c3ccccc3)s2)cc1. The summed E-state index contributed by atoms with van der Waals surface area (Å²) in [6, 6.07) is 18.0. The van der Waals surface area contributed by atoms with Crippen molar-refractivity contribution in [3.63, 3.8) is 0 Å². The zero-order chi connectivity index (χ0) is 19.1. The molecule has 0 radical (unpaired) electrons. The van der Waals surface area contributed by atoms with Crippen LogP contribution in [0, 0.1) is 0 Å². The van der Waals surface area contributed by atoms with Gasteiger partial charge in [0.1, 0.15) is 5.01 Å². The Morgan fingerprint density at radius 3 is 2.59 bits per heavy atom. The fraction of sp³-hybridized carbons (Fsp3) is 0.200. The van der Waals surface area contributed by atoms with Crippen LogP contribution in [0.2, 0.25) is 0 Å². The summed E-state index contributed by atoms with van der Waals surface area (Å²) in [5, 5.41) is 13.2. The Morgan fingerprint density at radius 2 is 1.89 bits per heavy atom. The van der Waals surface area contributed by atoms with Crippen LogP contribution in [-0.2, 0) is 4.79 Å². The fourth-order valence-corrected chi connectivity index (χ4v) is 3.92. The molecular formula is C20H20N4OS2. The van der Waals surface area contributed by atoms with E-state index in [1.165, 1.54) is 28.7 Å². The van der Waals surface area contributed by atoms with E-state index in [0.29, 0.717) is 5.92 Å². The highest BCUT2D eigenvalue weighted by molar-refractivity contribution is 8.01. The molecule has 0 atom stereocenters. The van der Waals surface area contributed by atoms with Crippen LogP contribution in [0.4, 0.5) is 0 Å². The quantitative estimate of drug-likeness (QED) is 0.361. The Bertz CT molecular complexity index is 905. The molecule has 3 rings (SSSR count). The summed E-state index contributed by atoms with van der Waals surface area (Å²) < 4.78 is 0.761. The Kier molecular flexibility index (Phi) is 6.73. The molecule has 0 fully saturated rings. The van der Waals surface area contributed by atoms with Crippen LogP contribution in [0.5, 0.6) is 0 Å². The number of hydrogen-bond donors (Lipinski definition) is 1. The highest BCUT2D eigenvalue weighted by atomic mass is 32.2. The average molecular weight is 397 g/mol. The molecular weight excluding hydrogens is 376 g/mol. The zero-order valence-corrected chi connectivity index (χ0v) is 16.8. The number of hydrazone groups is 1. The molecule has 138 valence electrons. The maximum Gasteiger partial charge on any atom is 0.250 e. The van der Waals surface area contributed by atoms with E-state index < -0.39 is 0 Å². The molecule has 3 aromatic rings. The molecule has 1 heterocycles. The molecule has 0 unspecified atom stereocenters. The molecule has 0 aliphatic carbocycles. The van der Waals surface area contributed by atoms with E-state index in [0.717, 1.165) is 20.5 Å². The van der Waals surface area contributed by atoms with Gasteiger partial charge in [-0.3, -0.25) is 4.79 Å². The average Bonchev–Trinajstić information content (AvgIpc) is 3.16. The Balaban J connectivity index is 1.46. The normalized spacial score (nSPS) is 11.2. The molecule has 0 bridgehead atoms. The van der Waals surface area contributed by atoms with Gasteiger partial charge in [0.2, 0.25) is 0 Å². The number of hydrogen-bond acceptors (Lipinski definition) is 6. The van der Waals surface area contributed by atoms with E-state index in [1.54, 1.807) is 6.21 Å². The predicted molar refractivity (Wildman–Crippen MR) is 112 cm³/mol. The first-order valence-corrected chi connectivity index (χ1v) is 10.4. The number of benzene rings is 2. The van der Waals surface area contributed by atoms with Crippen molar-refractivity contribution < 1.29 is 4.79 Å². The Labute approximate surface area is 166 Å². The minimum atomic E-state index is -0.175. The molecule has 0 saturated carbocycles. The Hall–Kier alpha value is -2.51. The molecule has 1 N–H and O–H groups in total. The van der Waals surface area contributed by atoms with Crippen LogP contribution in [0.1, 0.15) is 30.9 Å². The third-order valence-corrected chi connectivity index (χ3v) is 5.87. The van der Waals surface area contributed by atoms with Crippen LogP contribution in [-0.4, -0.2) is 28.1 Å². The van der Waals surface area contributed by atoms with Gasteiger partial charge in [-0.2, -0.15) is 5.10 Å². The number of thioether (sulfide) groups is 1. The third kappa shape index (κ3) is 5.74. The van der Waals surface area contributed by atoms with Crippen LogP contribution in [0.15, 0.2) is 64.0 Å². The molecule has 0 aliphatic rings. The number of nitrogens with one attached hydrogen (secondary N) is 1. The van der Waals surface area contributed by atoms with Gasteiger partial charge >= 0.3 is 0 Å². The first kappa shape index (κ1) is 19.3. The lowest BCUT2D eigenvalue weighted by atomic mass is 10.0. The Morgan fingerprint density at radius 1 is 1.15 bits per heavy atom. The summed E-state index contributed by atoms with van der Waals surface area (Å²) in [7, 11) is 0. The number of nitrogens with zero attached hydrogens (tertiary/aromatic N) is 3. The molecule has 7 heteroatoms. The second-order valence-corrected chi connectivity index (χ2v) is 8.34. The fourth-order valence-electron chi connectivity index (χ4n) is 2.27. The van der Waals surface area contributed by atoms with E-state index in [9.17, 15) is 4.79 Å². The van der Waals surface area contributed by atoms with Gasteiger partial charge in [-0.15, -0.1) is 10.2 Å². The molecule has 1 aromatic heterocycles. The second-order valence-electron chi connectivity index (χ2n) is 6.14. The lowest BCUT2D eigenvalue weighted by molar-refractivity contribution is -0.118. The largest absolute Gasteiger partial charge is 0.272 e. The summed E-state index contributed by atoms with van der Waals surface area (Å²) in [5.41, 5.74) is 5.80. The number of carbonyl (C=O) groups is 1. The van der Waals surface area contributed by atoms with E-state index >= 15 is 0 Å². The summed E-state index contributed by atoms with van der Waals surface area (Å²) in [6.45, 7) is 4.31. The van der Waals surface area contributed by atoms with Gasteiger partial charge in [0, 0.05) is 5.56 Å². The number of amides is 1. The van der Waals surface area contributed by atoms with Crippen molar-refractivity contribution in [3.8, 4) is 10.6 Å². The maximum atomic E-state index is 11.9. The van der Waals surface area contributed by atoms with Gasteiger partial charge in [-0.05, 0) is 17.0 Å². The first-order valence-electron chi connectivity index (χ1n) is 8.55. The minimum Gasteiger partial charge on any atom is -0.272 e. The van der Waals surface area contributed by atoms with Crippen molar-refractivity contribution >= 4 is 35.2 Å². The van der Waals surface area contributed by atoms with Gasteiger partial charge in [-0.25, -0.2) is 5.43 Å². The highest BCUT2D eigenvalue weighted by Gasteiger charge is 2.09. The van der Waals surface area contributed by atoms with Gasteiger partial charge in [-0.1, -0.05) is 91.5 Å². The molecule has 27 heavy (non-hydrogen) atoms. The van der Waals surface area contributed by atoms with Crippen LogP contribution in [0.25, 0.3) is 10.6 Å². The lowest BCUT2D eigenvalue weighted by Gasteiger charge is -2.04. The van der Waals surface area contributed by atoms with Crippen molar-refractivity contribution in [1.29, 1.82) is 0 Å². The number of aromatic nitrogens is 2. The predicted octanol–water partition coefficient (Wildman–Crippen LogP) is 4.57. The summed E-state index contributed by atoms with van der Waals surface area (Å²) in [5.74, 6) is 0.564. The van der Waals surface area contributed by atoms with Crippen LogP contribution < -0.4 is 5.43 Å². The van der Waals surface area contributed by atoms with Gasteiger partial charge < -0.3 is 0 Å². The highest BCUT2D eigenvalue weighted by Crippen LogP contribution is 2.28. The van der Waals surface area contributed by atoms with Crippen molar-refractivity contribution in [2.24, 2.45) is 5.10 Å². The maximum absolute atomic E-state index is 11.9. The van der Waals surface area contributed by atoms with Crippen LogP contribution >= 0.6 is 23.1 Å². The monoisotopic (exact) mass is 396 g/mol. The summed E-state index contributed by atoms with van der Waals surface area (Å²) in [6.07, 6.45) is 1.64. The van der Waals surface area contributed by atoms with Crippen molar-refractivity contribution in [3.05, 3.63) is 65.7 Å². The van der Waals surface area contributed by atoms with E-state index in [2.05, 4.69) is 46.7 Å². The first-order chi connectivity index (χ1) is 13.1. The van der Waals surface area contributed by atoms with Gasteiger partial charge in [0.15, 0.2) is 4.34 Å². The molecule has 1 amide bonds. The third-order valence-electron chi connectivity index (χ3n) is 3.76. The molecule has 5 nitrogen and oxygen atoms in total. The zero-order valence-electron chi connectivity index (χ0n) is 15.1. The van der Waals surface area contributed by atoms with E-state index in [4.69, 9.17) is 0 Å². The molecule has 0 saturated heterocycles. The summed E-state index contributed by atoms with van der Waals surface area (Å²) in [4.78, 5) is 11.9. The van der Waals surface area contributed by atoms with Crippen LogP contribution in [0.3, 0.4) is 0 Å². The standard InChI is InChI=1S/C20H20N4OS2/c1-14(2)16-10-8-15(9-11-16)12-21-22-18(25)13-26-20-24-23-19(27-20)17-6-4-3-5-7-17/h3-12,14H,13H2,1-2H3,(H,22,25). The molecule has 0 aliphatic heterocycles. The topological polar surface area (TPSA) is 67.2 Å². The number of rotatable bonds is 7. The van der Waals surface area contributed by atoms with E-state index in [-0.39, 0.29) is 11.7 Å². The van der Waals surface area contributed by atoms with Crippen molar-refractivity contribution in [2.75, 3.05) is 5.75 Å². The van der Waals surface area contributed by atoms with Gasteiger partial charge in [0.05, 0.1) is 12.0 Å². The minimum absolute atomic E-state index is 0.175. The van der Waals surface area contributed by atoms with Gasteiger partial charge in [0.25, 0.3) is 5.91 Å². The lowest BCUT2D eigenvalue weighted by Crippen LogP contribution is -2.19. The van der Waals surface area contributed by atoms with Crippen molar-refractivity contribution in [2.45, 2.75) is 24.1 Å². The number of carbonyl (C=O) groups excluding carboxylic acids is 1. The second kappa shape index (κ2) is 9.43. The molecule has 2 aromatic carbocycles. The smallest absolute Gasteiger partial charge is 0.250 e. The van der Waals surface area contributed by atoms with Crippen molar-refractivity contribution in [1.82, 2.24) is 15.6 Å². The van der Waals surface area contributed by atoms with E-state index in [1.807, 2.05) is 42.5 Å².